The average Bonchev–Trinajstić information content (AvgIpc) is 3.00. The van der Waals surface area contributed by atoms with Gasteiger partial charge in [0.1, 0.15) is 5.75 Å². The zero-order chi connectivity index (χ0) is 14.9. The Labute approximate surface area is 129 Å². The van der Waals surface area contributed by atoms with Crippen molar-refractivity contribution in [3.05, 3.63) is 54.1 Å². The Balaban J connectivity index is 1.77. The molecule has 1 aliphatic heterocycles. The molecule has 110 valence electrons. The maximum absolute atomic E-state index is 5.56. The highest BCUT2D eigenvalue weighted by Gasteiger charge is 2.20. The first kappa shape index (κ1) is 13.1. The second-order valence-corrected chi connectivity index (χ2v) is 5.35. The van der Waals surface area contributed by atoms with Crippen LogP contribution in [0.25, 0.3) is 22.8 Å². The van der Waals surface area contributed by atoms with Gasteiger partial charge in [-0.05, 0) is 31.0 Å². The van der Waals surface area contributed by atoms with Crippen LogP contribution < -0.4 is 4.74 Å². The van der Waals surface area contributed by atoms with Crippen molar-refractivity contribution < 1.29 is 4.74 Å². The van der Waals surface area contributed by atoms with E-state index in [0.29, 0.717) is 6.61 Å². The van der Waals surface area contributed by atoms with Crippen molar-refractivity contribution in [2.45, 2.75) is 19.9 Å². The van der Waals surface area contributed by atoms with Gasteiger partial charge in [-0.25, -0.2) is 9.67 Å². The van der Waals surface area contributed by atoms with Gasteiger partial charge in [-0.2, -0.15) is 5.10 Å². The lowest BCUT2D eigenvalue weighted by Gasteiger charge is -2.15. The first-order valence-corrected chi connectivity index (χ1v) is 7.61. The number of aromatic nitrogens is 3. The summed E-state index contributed by atoms with van der Waals surface area (Å²) in [5.41, 5.74) is 3.52. The summed E-state index contributed by atoms with van der Waals surface area (Å²) in [6, 6.07) is 16.4. The van der Waals surface area contributed by atoms with E-state index in [1.54, 1.807) is 0 Å². The van der Waals surface area contributed by atoms with E-state index in [-0.39, 0.29) is 0 Å². The van der Waals surface area contributed by atoms with E-state index in [9.17, 15) is 0 Å². The Bertz CT molecular complexity index is 823. The van der Waals surface area contributed by atoms with Crippen LogP contribution in [0.1, 0.15) is 12.5 Å². The third-order valence-electron chi connectivity index (χ3n) is 3.93. The minimum absolute atomic E-state index is 0.657. The summed E-state index contributed by atoms with van der Waals surface area (Å²) in [7, 11) is 0. The van der Waals surface area contributed by atoms with Crippen molar-refractivity contribution in [3.8, 4) is 28.5 Å². The maximum atomic E-state index is 5.56. The number of rotatable bonds is 3. The highest BCUT2D eigenvalue weighted by Crippen LogP contribution is 2.30. The lowest BCUT2D eigenvalue weighted by Crippen LogP contribution is -2.11. The van der Waals surface area contributed by atoms with Crippen molar-refractivity contribution in [2.24, 2.45) is 0 Å². The van der Waals surface area contributed by atoms with Crippen molar-refractivity contribution in [1.82, 2.24) is 14.8 Å². The highest BCUT2D eigenvalue weighted by atomic mass is 16.5. The molecule has 0 spiro atoms. The quantitative estimate of drug-likeness (QED) is 0.740. The lowest BCUT2D eigenvalue weighted by molar-refractivity contribution is 0.340. The molecule has 0 unspecified atom stereocenters. The van der Waals surface area contributed by atoms with Gasteiger partial charge in [0.05, 0.1) is 6.61 Å². The van der Waals surface area contributed by atoms with E-state index in [0.717, 1.165) is 35.9 Å². The van der Waals surface area contributed by atoms with Gasteiger partial charge >= 0.3 is 0 Å². The van der Waals surface area contributed by atoms with Gasteiger partial charge in [0.25, 0.3) is 0 Å². The zero-order valence-corrected chi connectivity index (χ0v) is 12.5. The van der Waals surface area contributed by atoms with Gasteiger partial charge in [-0.15, -0.1) is 0 Å². The molecule has 3 aromatic rings. The molecular weight excluding hydrogens is 274 g/mol. The summed E-state index contributed by atoms with van der Waals surface area (Å²) in [5, 5.41) is 4.67. The van der Waals surface area contributed by atoms with Gasteiger partial charge in [0.15, 0.2) is 11.6 Å². The van der Waals surface area contributed by atoms with Crippen LogP contribution in [0.3, 0.4) is 0 Å². The molecular formula is C18H17N3O. The average molecular weight is 291 g/mol. The van der Waals surface area contributed by atoms with Gasteiger partial charge in [0.2, 0.25) is 0 Å². The van der Waals surface area contributed by atoms with Crippen LogP contribution in [0.15, 0.2) is 48.5 Å². The largest absolute Gasteiger partial charge is 0.494 e. The van der Waals surface area contributed by atoms with Gasteiger partial charge in [0, 0.05) is 17.7 Å². The molecule has 4 heteroatoms. The number of fused-ring (bicyclic) bond motifs is 3. The number of aryl methyl sites for hydroxylation is 2. The molecule has 0 bridgehead atoms. The minimum Gasteiger partial charge on any atom is -0.494 e. The van der Waals surface area contributed by atoms with Gasteiger partial charge in [-0.3, -0.25) is 0 Å². The Kier molecular flexibility index (Phi) is 3.15. The third kappa shape index (κ3) is 2.17. The molecule has 0 amide bonds. The molecule has 0 saturated carbocycles. The fourth-order valence-electron chi connectivity index (χ4n) is 2.89. The summed E-state index contributed by atoms with van der Waals surface area (Å²) < 4.78 is 7.57. The summed E-state index contributed by atoms with van der Waals surface area (Å²) in [5.74, 6) is 2.57. The van der Waals surface area contributed by atoms with E-state index in [4.69, 9.17) is 9.72 Å². The molecule has 0 saturated heterocycles. The SMILES string of the molecule is CCOc1cccc(-c2nc3n(n2)CCc2ccccc2-3)c1. The van der Waals surface area contributed by atoms with E-state index in [2.05, 4.69) is 29.4 Å². The molecule has 0 atom stereocenters. The third-order valence-corrected chi connectivity index (χ3v) is 3.93. The van der Waals surface area contributed by atoms with Crippen LogP contribution in [0.5, 0.6) is 5.75 Å². The summed E-state index contributed by atoms with van der Waals surface area (Å²) in [4.78, 5) is 4.76. The normalized spacial score (nSPS) is 12.6. The zero-order valence-electron chi connectivity index (χ0n) is 12.5. The summed E-state index contributed by atoms with van der Waals surface area (Å²) in [6.45, 7) is 3.52. The molecule has 0 fully saturated rings. The molecule has 4 nitrogen and oxygen atoms in total. The number of hydrogen-bond donors (Lipinski definition) is 0. The van der Waals surface area contributed by atoms with E-state index >= 15 is 0 Å². The maximum Gasteiger partial charge on any atom is 0.181 e. The molecule has 1 aromatic heterocycles. The minimum atomic E-state index is 0.657. The smallest absolute Gasteiger partial charge is 0.181 e. The molecule has 2 heterocycles. The number of hydrogen-bond acceptors (Lipinski definition) is 3. The summed E-state index contributed by atoms with van der Waals surface area (Å²) in [6.07, 6.45) is 1.00. The van der Waals surface area contributed by atoms with Crippen LogP contribution in [0, 0.1) is 0 Å². The molecule has 1 aliphatic rings. The van der Waals surface area contributed by atoms with Crippen LogP contribution in [0.4, 0.5) is 0 Å². The Morgan fingerprint density at radius 1 is 1.14 bits per heavy atom. The second kappa shape index (κ2) is 5.30. The number of ether oxygens (including phenoxy) is 1. The monoisotopic (exact) mass is 291 g/mol. The van der Waals surface area contributed by atoms with Crippen LogP contribution in [-0.2, 0) is 13.0 Å². The lowest BCUT2D eigenvalue weighted by atomic mass is 10.0. The summed E-state index contributed by atoms with van der Waals surface area (Å²) >= 11 is 0. The van der Waals surface area contributed by atoms with Crippen LogP contribution >= 0.6 is 0 Å². The predicted octanol–water partition coefficient (Wildman–Crippen LogP) is 3.57. The van der Waals surface area contributed by atoms with Crippen molar-refractivity contribution in [2.75, 3.05) is 6.61 Å². The predicted molar refractivity (Wildman–Crippen MR) is 85.8 cm³/mol. The Morgan fingerprint density at radius 2 is 2.05 bits per heavy atom. The Hall–Kier alpha value is -2.62. The van der Waals surface area contributed by atoms with Crippen molar-refractivity contribution in [1.29, 1.82) is 0 Å². The van der Waals surface area contributed by atoms with Gasteiger partial charge < -0.3 is 4.74 Å². The number of nitrogens with zero attached hydrogens (tertiary/aromatic N) is 3. The van der Waals surface area contributed by atoms with Crippen molar-refractivity contribution in [3.63, 3.8) is 0 Å². The standard InChI is InChI=1S/C18H17N3O/c1-2-22-15-8-5-7-14(12-15)17-19-18-16-9-4-3-6-13(16)10-11-21(18)20-17/h3-9,12H,2,10-11H2,1H3. The second-order valence-electron chi connectivity index (χ2n) is 5.35. The first-order chi connectivity index (χ1) is 10.8. The highest BCUT2D eigenvalue weighted by molar-refractivity contribution is 5.66. The fraction of sp³-hybridized carbons (Fsp3) is 0.222. The molecule has 0 aliphatic carbocycles. The fourth-order valence-corrected chi connectivity index (χ4v) is 2.89. The number of benzene rings is 2. The first-order valence-electron chi connectivity index (χ1n) is 7.61. The van der Waals surface area contributed by atoms with Crippen LogP contribution in [-0.4, -0.2) is 21.4 Å². The van der Waals surface area contributed by atoms with Gasteiger partial charge in [-0.1, -0.05) is 36.4 Å². The molecule has 2 aromatic carbocycles. The van der Waals surface area contributed by atoms with E-state index < -0.39 is 0 Å². The topological polar surface area (TPSA) is 39.9 Å². The Morgan fingerprint density at radius 3 is 2.95 bits per heavy atom. The molecule has 4 rings (SSSR count). The van der Waals surface area contributed by atoms with E-state index in [1.165, 1.54) is 11.1 Å². The van der Waals surface area contributed by atoms with Crippen LogP contribution in [0.2, 0.25) is 0 Å². The molecule has 0 radical (unpaired) electrons. The van der Waals surface area contributed by atoms with E-state index in [1.807, 2.05) is 35.9 Å². The molecule has 0 N–H and O–H groups in total. The van der Waals surface area contributed by atoms with Crippen molar-refractivity contribution >= 4 is 0 Å². The molecule has 22 heavy (non-hydrogen) atoms.